The van der Waals surface area contributed by atoms with E-state index in [0.29, 0.717) is 18.8 Å². The SMILES string of the molecule is CCC1OCCC1CNS(=O)(=O)c1ccc(C)c(N)c1. The van der Waals surface area contributed by atoms with Gasteiger partial charge < -0.3 is 10.5 Å². The van der Waals surface area contributed by atoms with Crippen molar-refractivity contribution in [1.82, 2.24) is 4.72 Å². The van der Waals surface area contributed by atoms with E-state index in [1.807, 2.05) is 6.92 Å². The maximum atomic E-state index is 12.2. The fraction of sp³-hybridized carbons (Fsp3) is 0.571. The van der Waals surface area contributed by atoms with Gasteiger partial charge in [-0.3, -0.25) is 0 Å². The van der Waals surface area contributed by atoms with Crippen LogP contribution in [0.25, 0.3) is 0 Å². The number of benzene rings is 1. The maximum absolute atomic E-state index is 12.2. The van der Waals surface area contributed by atoms with Crippen molar-refractivity contribution in [3.05, 3.63) is 23.8 Å². The molecule has 5 nitrogen and oxygen atoms in total. The summed E-state index contributed by atoms with van der Waals surface area (Å²) in [6, 6.07) is 4.80. The molecule has 1 heterocycles. The largest absolute Gasteiger partial charge is 0.398 e. The van der Waals surface area contributed by atoms with Crippen molar-refractivity contribution >= 4 is 15.7 Å². The summed E-state index contributed by atoms with van der Waals surface area (Å²) < 4.78 is 32.7. The minimum Gasteiger partial charge on any atom is -0.398 e. The Bertz CT molecular complexity index is 572. The van der Waals surface area contributed by atoms with E-state index in [0.717, 1.165) is 18.4 Å². The Kier molecular flexibility index (Phi) is 4.67. The van der Waals surface area contributed by atoms with Gasteiger partial charge in [-0.2, -0.15) is 0 Å². The maximum Gasteiger partial charge on any atom is 0.240 e. The predicted octanol–water partition coefficient (Wildman–Crippen LogP) is 1.67. The first kappa shape index (κ1) is 15.3. The van der Waals surface area contributed by atoms with E-state index < -0.39 is 10.0 Å². The minimum atomic E-state index is -3.50. The van der Waals surface area contributed by atoms with E-state index in [2.05, 4.69) is 11.6 Å². The van der Waals surface area contributed by atoms with E-state index in [9.17, 15) is 8.42 Å². The summed E-state index contributed by atoms with van der Waals surface area (Å²) in [4.78, 5) is 0.215. The van der Waals surface area contributed by atoms with Crippen molar-refractivity contribution in [2.45, 2.75) is 37.7 Å². The lowest BCUT2D eigenvalue weighted by Gasteiger charge is -2.17. The average Bonchev–Trinajstić information content (AvgIpc) is 2.87. The van der Waals surface area contributed by atoms with Crippen LogP contribution in [0.4, 0.5) is 5.69 Å². The van der Waals surface area contributed by atoms with Crippen LogP contribution in [0.1, 0.15) is 25.3 Å². The molecule has 1 aromatic carbocycles. The molecule has 2 unspecified atom stereocenters. The van der Waals surface area contributed by atoms with Crippen LogP contribution in [0, 0.1) is 12.8 Å². The number of anilines is 1. The van der Waals surface area contributed by atoms with Gasteiger partial charge in [-0.05, 0) is 37.5 Å². The van der Waals surface area contributed by atoms with Gasteiger partial charge in [0.05, 0.1) is 11.0 Å². The lowest BCUT2D eigenvalue weighted by Crippen LogP contribution is -2.32. The van der Waals surface area contributed by atoms with Gasteiger partial charge in [0.1, 0.15) is 0 Å². The molecule has 1 aromatic rings. The summed E-state index contributed by atoms with van der Waals surface area (Å²) in [6.07, 6.45) is 1.96. The molecule has 0 bridgehead atoms. The van der Waals surface area contributed by atoms with E-state index in [4.69, 9.17) is 10.5 Å². The molecule has 1 fully saturated rings. The molecule has 0 saturated carbocycles. The third-order valence-corrected chi connectivity index (χ3v) is 5.27. The molecule has 6 heteroatoms. The summed E-state index contributed by atoms with van der Waals surface area (Å²) in [7, 11) is -3.50. The van der Waals surface area contributed by atoms with Gasteiger partial charge in [-0.25, -0.2) is 13.1 Å². The van der Waals surface area contributed by atoms with Gasteiger partial charge in [0.25, 0.3) is 0 Å². The molecule has 0 amide bonds. The molecule has 1 aliphatic rings. The van der Waals surface area contributed by atoms with E-state index in [-0.39, 0.29) is 16.9 Å². The summed E-state index contributed by atoms with van der Waals surface area (Å²) in [5, 5.41) is 0. The number of hydrogen-bond donors (Lipinski definition) is 2. The zero-order chi connectivity index (χ0) is 14.8. The second kappa shape index (κ2) is 6.11. The topological polar surface area (TPSA) is 81.4 Å². The Labute approximate surface area is 120 Å². The number of ether oxygens (including phenoxy) is 1. The summed E-state index contributed by atoms with van der Waals surface area (Å²) in [6.45, 7) is 5.02. The smallest absolute Gasteiger partial charge is 0.240 e. The molecule has 2 atom stereocenters. The van der Waals surface area contributed by atoms with E-state index in [1.54, 1.807) is 12.1 Å². The minimum absolute atomic E-state index is 0.154. The fourth-order valence-electron chi connectivity index (χ4n) is 2.46. The highest BCUT2D eigenvalue weighted by Gasteiger charge is 2.28. The van der Waals surface area contributed by atoms with Gasteiger partial charge in [-0.1, -0.05) is 13.0 Å². The summed E-state index contributed by atoms with van der Waals surface area (Å²) in [5.41, 5.74) is 7.13. The first-order valence-corrected chi connectivity index (χ1v) is 8.39. The normalized spacial score (nSPS) is 23.1. The van der Waals surface area contributed by atoms with Crippen molar-refractivity contribution in [3.8, 4) is 0 Å². The molecule has 0 spiro atoms. The molecule has 1 aliphatic heterocycles. The Morgan fingerprint density at radius 3 is 2.85 bits per heavy atom. The highest BCUT2D eigenvalue weighted by molar-refractivity contribution is 7.89. The number of hydrogen-bond acceptors (Lipinski definition) is 4. The number of sulfonamides is 1. The zero-order valence-corrected chi connectivity index (χ0v) is 12.7. The first-order valence-electron chi connectivity index (χ1n) is 6.91. The Balaban J connectivity index is 2.05. The van der Waals surface area contributed by atoms with E-state index in [1.165, 1.54) is 6.07 Å². The van der Waals surface area contributed by atoms with Crippen LogP contribution in [0.2, 0.25) is 0 Å². The second-order valence-corrected chi connectivity index (χ2v) is 7.00. The van der Waals surface area contributed by atoms with Crippen molar-refractivity contribution in [1.29, 1.82) is 0 Å². The third-order valence-electron chi connectivity index (χ3n) is 3.85. The Morgan fingerprint density at radius 2 is 2.20 bits per heavy atom. The quantitative estimate of drug-likeness (QED) is 0.810. The lowest BCUT2D eigenvalue weighted by molar-refractivity contribution is 0.0884. The van der Waals surface area contributed by atoms with Crippen LogP contribution in [0.3, 0.4) is 0 Å². The fourth-order valence-corrected chi connectivity index (χ4v) is 3.59. The second-order valence-electron chi connectivity index (χ2n) is 5.24. The van der Waals surface area contributed by atoms with Crippen LogP contribution >= 0.6 is 0 Å². The van der Waals surface area contributed by atoms with Gasteiger partial charge in [0, 0.05) is 24.8 Å². The Hall–Kier alpha value is -1.11. The molecule has 2 rings (SSSR count). The molecule has 3 N–H and O–H groups in total. The average molecular weight is 298 g/mol. The van der Waals surface area contributed by atoms with Crippen LogP contribution in [-0.4, -0.2) is 27.7 Å². The number of nitrogens with one attached hydrogen (secondary N) is 1. The predicted molar refractivity (Wildman–Crippen MR) is 78.9 cm³/mol. The van der Waals surface area contributed by atoms with E-state index >= 15 is 0 Å². The first-order chi connectivity index (χ1) is 9.44. The third kappa shape index (κ3) is 3.31. The van der Waals surface area contributed by atoms with Crippen molar-refractivity contribution in [3.63, 3.8) is 0 Å². The number of nitrogens with two attached hydrogens (primary N) is 1. The molecular formula is C14H22N2O3S. The zero-order valence-electron chi connectivity index (χ0n) is 11.9. The summed E-state index contributed by atoms with van der Waals surface area (Å²) in [5.74, 6) is 0.248. The van der Waals surface area contributed by atoms with Gasteiger partial charge in [0.15, 0.2) is 0 Å². The lowest BCUT2D eigenvalue weighted by atomic mass is 10.0. The van der Waals surface area contributed by atoms with Crippen LogP contribution in [-0.2, 0) is 14.8 Å². The molecule has 20 heavy (non-hydrogen) atoms. The standard InChI is InChI=1S/C14H22N2O3S/c1-3-14-11(6-7-19-14)9-16-20(17,18)12-5-4-10(2)13(15)8-12/h4-5,8,11,14,16H,3,6-7,9,15H2,1-2H3. The van der Waals surface area contributed by atoms with Crippen LogP contribution < -0.4 is 10.5 Å². The molecule has 1 saturated heterocycles. The highest BCUT2D eigenvalue weighted by atomic mass is 32.2. The van der Waals surface area contributed by atoms with Crippen molar-refractivity contribution in [2.24, 2.45) is 5.92 Å². The van der Waals surface area contributed by atoms with Gasteiger partial charge >= 0.3 is 0 Å². The van der Waals surface area contributed by atoms with Crippen molar-refractivity contribution < 1.29 is 13.2 Å². The molecular weight excluding hydrogens is 276 g/mol. The van der Waals surface area contributed by atoms with Crippen molar-refractivity contribution in [2.75, 3.05) is 18.9 Å². The number of aryl methyl sites for hydroxylation is 1. The van der Waals surface area contributed by atoms with Crippen LogP contribution in [0.15, 0.2) is 23.1 Å². The number of rotatable bonds is 5. The molecule has 112 valence electrons. The Morgan fingerprint density at radius 1 is 1.45 bits per heavy atom. The van der Waals surface area contributed by atoms with Gasteiger partial charge in [-0.15, -0.1) is 0 Å². The number of nitrogen functional groups attached to an aromatic ring is 1. The van der Waals surface area contributed by atoms with Crippen LogP contribution in [0.5, 0.6) is 0 Å². The molecule has 0 aromatic heterocycles. The summed E-state index contributed by atoms with van der Waals surface area (Å²) >= 11 is 0. The van der Waals surface area contributed by atoms with Gasteiger partial charge in [0.2, 0.25) is 10.0 Å². The monoisotopic (exact) mass is 298 g/mol. The molecule has 0 radical (unpaired) electrons. The highest BCUT2D eigenvalue weighted by Crippen LogP contribution is 2.23. The molecule has 0 aliphatic carbocycles.